The van der Waals surface area contributed by atoms with E-state index in [1.807, 2.05) is 58.3 Å². The number of nitrogens with zero attached hydrogens (tertiary/aromatic N) is 2. The van der Waals surface area contributed by atoms with Crippen LogP contribution in [0.2, 0.25) is 0 Å². The van der Waals surface area contributed by atoms with E-state index in [0.29, 0.717) is 36.1 Å². The summed E-state index contributed by atoms with van der Waals surface area (Å²) < 4.78 is 0. The van der Waals surface area contributed by atoms with E-state index < -0.39 is 11.1 Å². The molecule has 2 unspecified atom stereocenters. The smallest absolute Gasteiger partial charge is 0.273 e. The Morgan fingerprint density at radius 1 is 0.417 bits per heavy atom. The van der Waals surface area contributed by atoms with Crippen LogP contribution in [0.4, 0.5) is 11.4 Å². The van der Waals surface area contributed by atoms with Crippen molar-refractivity contribution in [1.29, 1.82) is 0 Å². The normalized spacial score (nSPS) is 16.5. The van der Waals surface area contributed by atoms with Crippen LogP contribution in [0, 0.1) is 11.8 Å². The lowest BCUT2D eigenvalue weighted by atomic mass is 9.93. The molecule has 8 heteroatoms. The average Bonchev–Trinajstić information content (AvgIpc) is 3.69. The summed E-state index contributed by atoms with van der Waals surface area (Å²) in [5, 5.41) is -0.109. The fraction of sp³-hybridized carbons (Fsp3) is 0.615. The molecule has 0 bridgehead atoms. The summed E-state index contributed by atoms with van der Waals surface area (Å²) in [7, 11) is 0. The molecule has 2 atom stereocenters. The van der Waals surface area contributed by atoms with Crippen molar-refractivity contribution in [1.82, 2.24) is 9.97 Å². The lowest BCUT2D eigenvalue weighted by Gasteiger charge is -2.25. The number of hydrogen-bond acceptors (Lipinski definition) is 4. The minimum absolute atomic E-state index is 0.0543. The van der Waals surface area contributed by atoms with Gasteiger partial charge in [0.1, 0.15) is 10.7 Å². The molecule has 0 saturated heterocycles. The topological polar surface area (TPSA) is 106 Å². The van der Waals surface area contributed by atoms with Crippen LogP contribution in [0.15, 0.2) is 58.1 Å². The van der Waals surface area contributed by atoms with Crippen molar-refractivity contribution >= 4 is 34.3 Å². The van der Waals surface area contributed by atoms with E-state index in [-0.39, 0.29) is 33.7 Å². The van der Waals surface area contributed by atoms with E-state index in [4.69, 9.17) is 0 Å². The maximum atomic E-state index is 14.5. The number of anilines is 2. The van der Waals surface area contributed by atoms with Crippen LogP contribution in [0.1, 0.15) is 193 Å². The molecule has 328 valence electrons. The van der Waals surface area contributed by atoms with Gasteiger partial charge in [-0.15, -0.1) is 0 Å². The van der Waals surface area contributed by atoms with Crippen molar-refractivity contribution in [2.45, 2.75) is 182 Å². The standard InChI is InChI=1S/C52H76N4O4/c1-5-9-13-17-19-23-31-39(29-21-15-11-7-3)37-55-43-35-27-25-33-41(43)45(51(55)59)47-49(57)54-48(50(58)53-47)46-42-34-26-28-36-44(42)56(52(46)60)38-40(30-22-16-12-8-4)32-24-20-18-14-10-6-2/h25-28,33-36,39-40H,5-24,29-32,37-38H2,1-4H3,(H,53,58)(H,54,57). The van der Waals surface area contributed by atoms with E-state index in [1.54, 1.807) is 0 Å². The number of aromatic nitrogens is 2. The second-order valence-corrected chi connectivity index (χ2v) is 17.8. The number of H-pyrrole nitrogens is 2. The van der Waals surface area contributed by atoms with E-state index in [9.17, 15) is 19.2 Å². The molecule has 0 spiro atoms. The fourth-order valence-electron chi connectivity index (χ4n) is 9.54. The maximum absolute atomic E-state index is 14.5. The fourth-order valence-corrected chi connectivity index (χ4v) is 9.54. The van der Waals surface area contributed by atoms with Gasteiger partial charge in [-0.05, 0) is 49.7 Å². The van der Waals surface area contributed by atoms with Gasteiger partial charge in [-0.25, -0.2) is 0 Å². The number of fused-ring (bicyclic) bond motifs is 2. The molecule has 5 rings (SSSR count). The Kier molecular flexibility index (Phi) is 19.5. The number of carbonyl (C=O) groups excluding carboxylic acids is 2. The van der Waals surface area contributed by atoms with Gasteiger partial charge >= 0.3 is 0 Å². The first kappa shape index (κ1) is 46.9. The Bertz CT molecular complexity index is 1920. The molecule has 0 fully saturated rings. The van der Waals surface area contributed by atoms with Crippen molar-refractivity contribution in [3.05, 3.63) is 91.1 Å². The second-order valence-electron chi connectivity index (χ2n) is 17.8. The van der Waals surface area contributed by atoms with Crippen LogP contribution < -0.4 is 31.6 Å². The minimum Gasteiger partial charge on any atom is -0.315 e. The summed E-state index contributed by atoms with van der Waals surface area (Å²) in [4.78, 5) is 66.7. The summed E-state index contributed by atoms with van der Waals surface area (Å²) in [6.45, 7) is 10.1. The highest BCUT2D eigenvalue weighted by Crippen LogP contribution is 2.38. The van der Waals surface area contributed by atoms with Gasteiger partial charge in [0, 0.05) is 24.2 Å². The van der Waals surface area contributed by atoms with Gasteiger partial charge in [0.05, 0.1) is 22.5 Å². The summed E-state index contributed by atoms with van der Waals surface area (Å²) >= 11 is 0. The highest BCUT2D eigenvalue weighted by molar-refractivity contribution is 6.33. The molecule has 60 heavy (non-hydrogen) atoms. The molecule has 2 N–H and O–H groups in total. The van der Waals surface area contributed by atoms with Crippen LogP contribution in [0.3, 0.4) is 0 Å². The zero-order valence-electron chi connectivity index (χ0n) is 37.7. The molecule has 0 radical (unpaired) electrons. The summed E-state index contributed by atoms with van der Waals surface area (Å²) in [5.41, 5.74) is 2.11. The second kappa shape index (κ2) is 24.9. The van der Waals surface area contributed by atoms with Crippen LogP contribution >= 0.6 is 0 Å². The van der Waals surface area contributed by atoms with Crippen molar-refractivity contribution in [3.63, 3.8) is 0 Å². The Morgan fingerprint density at radius 2 is 0.717 bits per heavy atom. The van der Waals surface area contributed by atoms with Gasteiger partial charge in [-0.3, -0.25) is 19.2 Å². The molecule has 0 aliphatic carbocycles. The van der Waals surface area contributed by atoms with Crippen molar-refractivity contribution in [2.24, 2.45) is 11.8 Å². The molecule has 1 aromatic heterocycles. The summed E-state index contributed by atoms with van der Waals surface area (Å²) in [5.74, 6) is 0.170. The SMILES string of the molecule is CCCCCCCCC(CCCCCC)CN1C(=O)C(=c2[nH]c(=O)c(=C3C(=O)N(CC(CCCCCC)CCCCCCCC)c4ccccc43)[nH]c2=O)c2ccccc21. The average molecular weight is 821 g/mol. The molecular weight excluding hydrogens is 745 g/mol. The number of nitrogens with one attached hydrogen (secondary N) is 2. The van der Waals surface area contributed by atoms with Gasteiger partial charge in [-0.2, -0.15) is 0 Å². The zero-order valence-corrected chi connectivity index (χ0v) is 37.7. The number of unbranched alkanes of at least 4 members (excludes halogenated alkanes) is 16. The Morgan fingerprint density at radius 3 is 1.07 bits per heavy atom. The molecule has 2 aliphatic rings. The highest BCUT2D eigenvalue weighted by Gasteiger charge is 2.37. The van der Waals surface area contributed by atoms with Gasteiger partial charge in [0.25, 0.3) is 22.9 Å². The van der Waals surface area contributed by atoms with E-state index in [2.05, 4.69) is 37.7 Å². The number of carbonyl (C=O) groups is 2. The van der Waals surface area contributed by atoms with Gasteiger partial charge < -0.3 is 19.8 Å². The molecule has 8 nitrogen and oxygen atoms in total. The number of amides is 2. The van der Waals surface area contributed by atoms with Gasteiger partial charge in [0.15, 0.2) is 0 Å². The first-order chi connectivity index (χ1) is 29.3. The largest absolute Gasteiger partial charge is 0.315 e. The van der Waals surface area contributed by atoms with Crippen LogP contribution in [0.5, 0.6) is 0 Å². The Hall–Kier alpha value is -4.20. The monoisotopic (exact) mass is 821 g/mol. The zero-order chi connectivity index (χ0) is 42.7. The molecule has 2 aromatic carbocycles. The summed E-state index contributed by atoms with van der Waals surface area (Å²) in [6.07, 6.45) is 28.5. The molecule has 2 amide bonds. The molecule has 0 saturated carbocycles. The van der Waals surface area contributed by atoms with Crippen LogP contribution in [0.25, 0.3) is 11.1 Å². The third-order valence-electron chi connectivity index (χ3n) is 13.0. The third-order valence-corrected chi connectivity index (χ3v) is 13.0. The quantitative estimate of drug-likeness (QED) is 0.0712. The first-order valence-corrected chi connectivity index (χ1v) is 24.3. The lowest BCUT2D eigenvalue weighted by molar-refractivity contribution is -0.114. The van der Waals surface area contributed by atoms with E-state index in [0.717, 1.165) is 62.7 Å². The highest BCUT2D eigenvalue weighted by atomic mass is 16.2. The molecule has 2 aliphatic heterocycles. The number of hydrogen-bond donors (Lipinski definition) is 2. The predicted octanol–water partition coefficient (Wildman–Crippen LogP) is 10.8. The Balaban J connectivity index is 1.45. The van der Waals surface area contributed by atoms with Crippen molar-refractivity contribution in [3.8, 4) is 0 Å². The number of benzene rings is 2. The van der Waals surface area contributed by atoms with Gasteiger partial charge in [0.2, 0.25) is 0 Å². The van der Waals surface area contributed by atoms with Gasteiger partial charge in [-0.1, -0.05) is 193 Å². The first-order valence-electron chi connectivity index (χ1n) is 24.3. The van der Waals surface area contributed by atoms with E-state index >= 15 is 0 Å². The van der Waals surface area contributed by atoms with Crippen LogP contribution in [-0.2, 0) is 9.59 Å². The molecular formula is C52H76N4O4. The number of para-hydroxylation sites is 2. The number of aromatic amines is 2. The molecule has 3 heterocycles. The van der Waals surface area contributed by atoms with Crippen molar-refractivity contribution in [2.75, 3.05) is 22.9 Å². The number of rotatable bonds is 28. The summed E-state index contributed by atoms with van der Waals surface area (Å²) in [6, 6.07) is 15.2. The van der Waals surface area contributed by atoms with Crippen molar-refractivity contribution < 1.29 is 9.59 Å². The molecule has 3 aromatic rings. The minimum atomic E-state index is -0.582. The lowest BCUT2D eigenvalue weighted by Crippen LogP contribution is -2.50. The third kappa shape index (κ3) is 12.4. The maximum Gasteiger partial charge on any atom is 0.273 e. The van der Waals surface area contributed by atoms with Crippen LogP contribution in [-0.4, -0.2) is 34.9 Å². The predicted molar refractivity (Wildman–Crippen MR) is 250 cm³/mol. The Labute approximate surface area is 360 Å². The van der Waals surface area contributed by atoms with E-state index in [1.165, 1.54) is 103 Å².